The molecule has 37 heavy (non-hydrogen) atoms. The Morgan fingerprint density at radius 3 is 2.35 bits per heavy atom. The van der Waals surface area contributed by atoms with Gasteiger partial charge in [0.2, 0.25) is 11.5 Å². The zero-order valence-electron chi connectivity index (χ0n) is 20.8. The average molecular weight is 530 g/mol. The number of fused-ring (bicyclic) bond motifs is 3. The monoisotopic (exact) mass is 529 g/mol. The zero-order chi connectivity index (χ0) is 26.5. The van der Waals surface area contributed by atoms with Crippen molar-refractivity contribution in [2.45, 2.75) is 50.3 Å². The van der Waals surface area contributed by atoms with E-state index in [1.54, 1.807) is 0 Å². The zero-order valence-corrected chi connectivity index (χ0v) is 21.6. The van der Waals surface area contributed by atoms with Crippen LogP contribution in [0, 0.1) is 0 Å². The number of halogens is 3. The van der Waals surface area contributed by atoms with E-state index >= 15 is 0 Å². The van der Waals surface area contributed by atoms with Crippen LogP contribution in [0.4, 0.5) is 13.2 Å². The number of aliphatic imine (C=N–C) groups is 1. The number of hydrogen-bond acceptors (Lipinski definition) is 5. The van der Waals surface area contributed by atoms with Gasteiger partial charge in [0.05, 0.1) is 0 Å². The van der Waals surface area contributed by atoms with Gasteiger partial charge in [-0.3, -0.25) is 4.79 Å². The van der Waals surface area contributed by atoms with Gasteiger partial charge in [0.25, 0.3) is 0 Å². The number of amidine groups is 1. The second-order valence-corrected chi connectivity index (χ2v) is 10.0. The second kappa shape index (κ2) is 11.6. The highest BCUT2D eigenvalue weighted by molar-refractivity contribution is 7.99. The van der Waals surface area contributed by atoms with E-state index in [2.05, 4.69) is 15.8 Å². The first kappa shape index (κ1) is 27.0. The van der Waals surface area contributed by atoms with Crippen molar-refractivity contribution < 1.29 is 22.8 Å². The van der Waals surface area contributed by atoms with Crippen molar-refractivity contribution >= 4 is 23.5 Å². The SMILES string of the molecule is C/C=C\C(=C/C)C1=NC(SCCCCC2(C(=O)NCC(F)(F)F)c3ccccc3-c3ccccc32)ON1. The molecular weight excluding hydrogens is 499 g/mol. The summed E-state index contributed by atoms with van der Waals surface area (Å²) in [6.07, 6.45) is 3.13. The maximum Gasteiger partial charge on any atom is 0.405 e. The molecule has 1 amide bonds. The Morgan fingerprint density at radius 2 is 1.76 bits per heavy atom. The summed E-state index contributed by atoms with van der Waals surface area (Å²) < 4.78 is 39.0. The fourth-order valence-corrected chi connectivity index (χ4v) is 5.79. The van der Waals surface area contributed by atoms with Crippen LogP contribution >= 0.6 is 11.8 Å². The molecule has 1 unspecified atom stereocenters. The van der Waals surface area contributed by atoms with E-state index < -0.39 is 24.0 Å². The quantitative estimate of drug-likeness (QED) is 0.281. The van der Waals surface area contributed by atoms with Gasteiger partial charge in [0, 0.05) is 5.57 Å². The minimum Gasteiger partial charge on any atom is -0.346 e. The van der Waals surface area contributed by atoms with Crippen molar-refractivity contribution in [3.63, 3.8) is 0 Å². The molecule has 2 N–H and O–H groups in total. The smallest absolute Gasteiger partial charge is 0.346 e. The molecule has 1 atom stereocenters. The summed E-state index contributed by atoms with van der Waals surface area (Å²) >= 11 is 1.54. The number of hydroxylamine groups is 1. The first-order valence-electron chi connectivity index (χ1n) is 12.2. The Morgan fingerprint density at radius 1 is 1.11 bits per heavy atom. The van der Waals surface area contributed by atoms with Gasteiger partial charge in [-0.15, -0.1) is 11.8 Å². The van der Waals surface area contributed by atoms with Crippen LogP contribution in [-0.4, -0.2) is 35.8 Å². The molecule has 1 aliphatic carbocycles. The molecular formula is C28H30F3N3O2S. The average Bonchev–Trinajstić information content (AvgIpc) is 3.47. The fraction of sp³-hybridized carbons (Fsp3) is 0.357. The third kappa shape index (κ3) is 5.78. The van der Waals surface area contributed by atoms with Crippen LogP contribution in [0.15, 0.2) is 77.3 Å². The van der Waals surface area contributed by atoms with Gasteiger partial charge in [-0.25, -0.2) is 15.3 Å². The molecule has 1 heterocycles. The topological polar surface area (TPSA) is 62.7 Å². The lowest BCUT2D eigenvalue weighted by molar-refractivity contribution is -0.141. The standard InChI is InChI=1S/C28H30F3N3O2S/c1-3-11-19(4-2)24-33-26(36-34-24)37-17-10-9-16-27(25(35)32-18-28(29,30)31)22-14-7-5-12-20(22)21-13-6-8-15-23(21)27/h3-8,11-15,26H,9-10,16-18H2,1-2H3,(H,32,35)(H,33,34)/b11-3-,19-4+. The van der Waals surface area contributed by atoms with Crippen LogP contribution in [0.2, 0.25) is 0 Å². The number of unbranched alkanes of at least 4 members (excludes halogenated alkanes) is 1. The van der Waals surface area contributed by atoms with E-state index in [1.165, 1.54) is 11.8 Å². The van der Waals surface area contributed by atoms with Gasteiger partial charge in [0.15, 0.2) is 5.84 Å². The van der Waals surface area contributed by atoms with Crippen LogP contribution in [0.5, 0.6) is 0 Å². The lowest BCUT2D eigenvalue weighted by Crippen LogP contribution is -2.47. The molecule has 2 aromatic rings. The van der Waals surface area contributed by atoms with Crippen LogP contribution in [0.25, 0.3) is 11.1 Å². The molecule has 5 nitrogen and oxygen atoms in total. The van der Waals surface area contributed by atoms with Crippen LogP contribution in [-0.2, 0) is 15.0 Å². The third-order valence-electron chi connectivity index (χ3n) is 6.53. The molecule has 0 saturated carbocycles. The predicted molar refractivity (Wildman–Crippen MR) is 142 cm³/mol. The van der Waals surface area contributed by atoms with Crippen molar-refractivity contribution in [1.29, 1.82) is 0 Å². The van der Waals surface area contributed by atoms with Gasteiger partial charge in [0.1, 0.15) is 12.0 Å². The summed E-state index contributed by atoms with van der Waals surface area (Å²) in [5.41, 5.74) is 5.54. The molecule has 0 aromatic heterocycles. The van der Waals surface area contributed by atoms with Crippen molar-refractivity contribution in [3.8, 4) is 11.1 Å². The minimum absolute atomic E-state index is 0.382. The van der Waals surface area contributed by atoms with E-state index in [1.807, 2.05) is 80.6 Å². The van der Waals surface area contributed by atoms with Gasteiger partial charge in [-0.1, -0.05) is 73.2 Å². The Labute approximate surface area is 219 Å². The Kier molecular flexibility index (Phi) is 8.44. The molecule has 2 aliphatic rings. The normalized spacial score (nSPS) is 18.4. The van der Waals surface area contributed by atoms with Crippen molar-refractivity contribution in [2.24, 2.45) is 4.99 Å². The van der Waals surface area contributed by atoms with Crippen LogP contribution in [0.3, 0.4) is 0 Å². The molecule has 0 spiro atoms. The third-order valence-corrected chi connectivity index (χ3v) is 7.54. The maximum absolute atomic E-state index is 13.5. The van der Waals surface area contributed by atoms with Crippen molar-refractivity contribution in [3.05, 3.63) is 83.5 Å². The number of alkyl halides is 3. The summed E-state index contributed by atoms with van der Waals surface area (Å²) in [7, 11) is 0. The van der Waals surface area contributed by atoms with E-state index in [0.29, 0.717) is 18.7 Å². The first-order valence-corrected chi connectivity index (χ1v) is 13.3. The number of allylic oxidation sites excluding steroid dienone is 2. The lowest BCUT2D eigenvalue weighted by atomic mass is 9.73. The maximum atomic E-state index is 13.5. The van der Waals surface area contributed by atoms with Gasteiger partial charge >= 0.3 is 6.18 Å². The molecule has 9 heteroatoms. The number of nitrogens with zero attached hydrogens (tertiary/aromatic N) is 1. The summed E-state index contributed by atoms with van der Waals surface area (Å²) in [5.74, 6) is 0.787. The molecule has 0 bridgehead atoms. The highest BCUT2D eigenvalue weighted by Gasteiger charge is 2.49. The van der Waals surface area contributed by atoms with Crippen molar-refractivity contribution in [2.75, 3.05) is 12.3 Å². The fourth-order valence-electron chi connectivity index (χ4n) is 4.92. The summed E-state index contributed by atoms with van der Waals surface area (Å²) in [5, 5.41) is 2.18. The summed E-state index contributed by atoms with van der Waals surface area (Å²) in [6, 6.07) is 15.0. The lowest BCUT2D eigenvalue weighted by Gasteiger charge is -2.31. The molecule has 0 fully saturated rings. The molecule has 4 rings (SSSR count). The Bertz CT molecular complexity index is 1180. The molecule has 196 valence electrons. The predicted octanol–water partition coefficient (Wildman–Crippen LogP) is 6.27. The molecule has 0 radical (unpaired) electrons. The number of carbonyl (C=O) groups is 1. The Balaban J connectivity index is 1.48. The number of thioether (sulfide) groups is 1. The first-order chi connectivity index (χ1) is 17.8. The van der Waals surface area contributed by atoms with Crippen LogP contribution < -0.4 is 10.8 Å². The number of amides is 1. The second-order valence-electron chi connectivity index (χ2n) is 8.87. The summed E-state index contributed by atoms with van der Waals surface area (Å²) in [4.78, 5) is 23.6. The van der Waals surface area contributed by atoms with Gasteiger partial charge in [-0.2, -0.15) is 13.2 Å². The number of benzene rings is 2. The molecule has 2 aromatic carbocycles. The Hall–Kier alpha value is -3.04. The number of hydrogen-bond donors (Lipinski definition) is 2. The van der Waals surface area contributed by atoms with E-state index in [4.69, 9.17) is 4.84 Å². The highest BCUT2D eigenvalue weighted by atomic mass is 32.2. The summed E-state index contributed by atoms with van der Waals surface area (Å²) in [6.45, 7) is 2.50. The van der Waals surface area contributed by atoms with Gasteiger partial charge < -0.3 is 5.32 Å². The highest BCUT2D eigenvalue weighted by Crippen LogP contribution is 2.51. The van der Waals surface area contributed by atoms with E-state index in [9.17, 15) is 18.0 Å². The number of rotatable bonds is 10. The van der Waals surface area contributed by atoms with E-state index in [-0.39, 0.29) is 5.56 Å². The number of carbonyl (C=O) groups excluding carboxylic acids is 1. The van der Waals surface area contributed by atoms with Crippen molar-refractivity contribution in [1.82, 2.24) is 10.8 Å². The van der Waals surface area contributed by atoms with E-state index in [0.717, 1.165) is 40.0 Å². The largest absolute Gasteiger partial charge is 0.405 e. The van der Waals surface area contributed by atoms with Gasteiger partial charge in [-0.05, 0) is 54.7 Å². The van der Waals surface area contributed by atoms with Crippen LogP contribution in [0.1, 0.15) is 44.2 Å². The molecule has 1 aliphatic heterocycles. The minimum atomic E-state index is -4.49. The molecule has 0 saturated heterocycles. The number of nitrogens with one attached hydrogen (secondary N) is 2.